The number of hydrogen-bond donors (Lipinski definition) is 1. The molecular formula is C15H20F3N3O5. The van der Waals surface area contributed by atoms with Crippen LogP contribution in [0.15, 0.2) is 0 Å². The Bertz CT molecular complexity index is 596. The second-order valence-corrected chi connectivity index (χ2v) is 6.39. The van der Waals surface area contributed by atoms with Crippen molar-refractivity contribution in [3.8, 4) is 0 Å². The van der Waals surface area contributed by atoms with E-state index in [1.165, 1.54) is 11.8 Å². The highest BCUT2D eigenvalue weighted by atomic mass is 19.4. The number of carbonyl (C=O) groups excluding carboxylic acids is 4. The summed E-state index contributed by atoms with van der Waals surface area (Å²) < 4.78 is 43.4. The third-order valence-electron chi connectivity index (χ3n) is 4.46. The summed E-state index contributed by atoms with van der Waals surface area (Å²) in [7, 11) is 0. The Balaban J connectivity index is 1.76. The molecule has 146 valence electrons. The number of nitrogens with one attached hydrogen (secondary N) is 1. The van der Waals surface area contributed by atoms with Crippen molar-refractivity contribution in [2.75, 3.05) is 45.9 Å². The summed E-state index contributed by atoms with van der Waals surface area (Å²) in [6.45, 7) is 1.41. The highest BCUT2D eigenvalue weighted by Crippen LogP contribution is 2.36. The van der Waals surface area contributed by atoms with E-state index in [-0.39, 0.29) is 13.0 Å². The first-order valence-corrected chi connectivity index (χ1v) is 8.08. The fourth-order valence-corrected chi connectivity index (χ4v) is 2.67. The first kappa shape index (κ1) is 20.3. The van der Waals surface area contributed by atoms with Crippen LogP contribution in [-0.4, -0.2) is 90.8 Å². The van der Waals surface area contributed by atoms with Gasteiger partial charge < -0.3 is 15.0 Å². The van der Waals surface area contributed by atoms with E-state index in [2.05, 4.69) is 4.74 Å². The monoisotopic (exact) mass is 379 g/mol. The Hall–Kier alpha value is -2.01. The Morgan fingerprint density at radius 2 is 1.65 bits per heavy atom. The molecule has 0 saturated carbocycles. The molecule has 0 atom stereocenters. The topological polar surface area (TPSA) is 96.0 Å². The molecule has 2 amide bonds. The lowest BCUT2D eigenvalue weighted by Gasteiger charge is -2.42. The summed E-state index contributed by atoms with van der Waals surface area (Å²) in [4.78, 5) is 49.4. The van der Waals surface area contributed by atoms with E-state index in [4.69, 9.17) is 0 Å². The third-order valence-corrected chi connectivity index (χ3v) is 4.46. The SMILES string of the molecule is CC(=O)C(=O)N1CCN(CCC(=O)C(=O)NC2(C(F)(F)F)COC2)CC1. The molecule has 2 aliphatic heterocycles. The smallest absolute Gasteiger partial charge is 0.376 e. The Morgan fingerprint density at radius 3 is 2.08 bits per heavy atom. The second kappa shape index (κ2) is 7.70. The summed E-state index contributed by atoms with van der Waals surface area (Å²) in [5.41, 5.74) is -2.49. The van der Waals surface area contributed by atoms with E-state index in [0.29, 0.717) is 26.2 Å². The van der Waals surface area contributed by atoms with Gasteiger partial charge in [-0.25, -0.2) is 0 Å². The average molecular weight is 379 g/mol. The van der Waals surface area contributed by atoms with E-state index in [0.717, 1.165) is 0 Å². The summed E-state index contributed by atoms with van der Waals surface area (Å²) in [5.74, 6) is -3.34. The van der Waals surface area contributed by atoms with Crippen LogP contribution in [0.4, 0.5) is 13.2 Å². The fourth-order valence-electron chi connectivity index (χ4n) is 2.67. The summed E-state index contributed by atoms with van der Waals surface area (Å²) in [6, 6.07) is 0. The highest BCUT2D eigenvalue weighted by molar-refractivity contribution is 6.36. The van der Waals surface area contributed by atoms with Gasteiger partial charge in [0.15, 0.2) is 5.54 Å². The lowest BCUT2D eigenvalue weighted by Crippen LogP contribution is -2.71. The van der Waals surface area contributed by atoms with E-state index in [1.807, 2.05) is 0 Å². The molecule has 2 heterocycles. The maximum atomic E-state index is 12.9. The van der Waals surface area contributed by atoms with Crippen LogP contribution < -0.4 is 5.32 Å². The Morgan fingerprint density at radius 1 is 1.08 bits per heavy atom. The van der Waals surface area contributed by atoms with E-state index < -0.39 is 48.3 Å². The number of hydrogen-bond acceptors (Lipinski definition) is 6. The number of rotatable bonds is 6. The lowest BCUT2D eigenvalue weighted by molar-refractivity contribution is -0.265. The molecule has 0 aromatic carbocycles. The number of alkyl halides is 3. The first-order valence-electron chi connectivity index (χ1n) is 8.08. The van der Waals surface area contributed by atoms with Gasteiger partial charge in [-0.15, -0.1) is 0 Å². The van der Waals surface area contributed by atoms with Crippen molar-refractivity contribution in [3.05, 3.63) is 0 Å². The molecule has 0 aliphatic carbocycles. The maximum Gasteiger partial charge on any atom is 0.416 e. The van der Waals surface area contributed by atoms with Gasteiger partial charge >= 0.3 is 6.18 Å². The summed E-state index contributed by atoms with van der Waals surface area (Å²) in [5, 5.41) is 1.74. The number of ketones is 2. The molecule has 26 heavy (non-hydrogen) atoms. The minimum atomic E-state index is -4.69. The zero-order valence-corrected chi connectivity index (χ0v) is 14.2. The van der Waals surface area contributed by atoms with Crippen LogP contribution in [0.3, 0.4) is 0 Å². The van der Waals surface area contributed by atoms with Gasteiger partial charge in [-0.3, -0.25) is 24.1 Å². The van der Waals surface area contributed by atoms with Crippen molar-refractivity contribution in [2.45, 2.75) is 25.1 Å². The minimum absolute atomic E-state index is 0.184. The van der Waals surface area contributed by atoms with Gasteiger partial charge in [0.1, 0.15) is 0 Å². The highest BCUT2D eigenvalue weighted by Gasteiger charge is 2.61. The maximum absolute atomic E-state index is 12.9. The van der Waals surface area contributed by atoms with Gasteiger partial charge in [-0.05, 0) is 0 Å². The molecule has 0 bridgehead atoms. The number of carbonyl (C=O) groups is 4. The normalized spacial score (nSPS) is 20.2. The van der Waals surface area contributed by atoms with Crippen LogP contribution in [0.5, 0.6) is 0 Å². The molecule has 8 nitrogen and oxygen atoms in total. The van der Waals surface area contributed by atoms with Crippen LogP contribution in [0.2, 0.25) is 0 Å². The zero-order chi connectivity index (χ0) is 19.5. The van der Waals surface area contributed by atoms with E-state index in [1.54, 1.807) is 10.2 Å². The molecule has 0 spiro atoms. The van der Waals surface area contributed by atoms with Crippen LogP contribution >= 0.6 is 0 Å². The summed E-state index contributed by atoms with van der Waals surface area (Å²) in [6.07, 6.45) is -4.93. The third kappa shape index (κ3) is 4.39. The van der Waals surface area contributed by atoms with Gasteiger partial charge in [0.2, 0.25) is 11.6 Å². The van der Waals surface area contributed by atoms with Crippen molar-refractivity contribution in [1.29, 1.82) is 0 Å². The molecule has 2 rings (SSSR count). The van der Waals surface area contributed by atoms with Crippen LogP contribution in [-0.2, 0) is 23.9 Å². The molecule has 0 unspecified atom stereocenters. The quantitative estimate of drug-likeness (QED) is 0.603. The largest absolute Gasteiger partial charge is 0.416 e. The predicted molar refractivity (Wildman–Crippen MR) is 81.1 cm³/mol. The molecule has 0 radical (unpaired) electrons. The number of nitrogens with zero attached hydrogens (tertiary/aromatic N) is 2. The zero-order valence-electron chi connectivity index (χ0n) is 14.2. The number of amides is 2. The van der Waals surface area contributed by atoms with Gasteiger partial charge in [0.05, 0.1) is 13.2 Å². The van der Waals surface area contributed by atoms with Crippen molar-refractivity contribution in [1.82, 2.24) is 15.1 Å². The molecule has 0 aromatic heterocycles. The van der Waals surface area contributed by atoms with Gasteiger partial charge in [0.25, 0.3) is 11.8 Å². The molecular weight excluding hydrogens is 359 g/mol. The first-order chi connectivity index (χ1) is 12.1. The van der Waals surface area contributed by atoms with E-state index in [9.17, 15) is 32.3 Å². The molecule has 2 fully saturated rings. The lowest BCUT2D eigenvalue weighted by atomic mass is 9.96. The van der Waals surface area contributed by atoms with Gasteiger partial charge in [-0.1, -0.05) is 0 Å². The predicted octanol–water partition coefficient (Wildman–Crippen LogP) is -0.874. The Kier molecular flexibility index (Phi) is 6.02. The van der Waals surface area contributed by atoms with Crippen molar-refractivity contribution >= 4 is 23.4 Å². The van der Waals surface area contributed by atoms with Crippen LogP contribution in [0.25, 0.3) is 0 Å². The van der Waals surface area contributed by atoms with Crippen molar-refractivity contribution in [3.63, 3.8) is 0 Å². The number of halogens is 3. The molecule has 2 saturated heterocycles. The second-order valence-electron chi connectivity index (χ2n) is 6.39. The fraction of sp³-hybridized carbons (Fsp3) is 0.733. The van der Waals surface area contributed by atoms with Crippen LogP contribution in [0, 0.1) is 0 Å². The Labute approximate surface area is 147 Å². The standard InChI is InChI=1S/C15H20F3N3O5/c1-10(22)13(25)21-6-4-20(5-7-21)3-2-11(23)12(24)19-14(8-26-9-14)15(16,17)18/h2-9H2,1H3,(H,19,24). The van der Waals surface area contributed by atoms with E-state index >= 15 is 0 Å². The number of piperazine rings is 1. The van der Waals surface area contributed by atoms with Crippen LogP contribution in [0.1, 0.15) is 13.3 Å². The molecule has 1 N–H and O–H groups in total. The molecule has 2 aliphatic rings. The molecule has 0 aromatic rings. The van der Waals surface area contributed by atoms with Crippen molar-refractivity contribution < 1.29 is 37.1 Å². The minimum Gasteiger partial charge on any atom is -0.376 e. The van der Waals surface area contributed by atoms with Crippen molar-refractivity contribution in [2.24, 2.45) is 0 Å². The number of Topliss-reactive ketones (excluding diaryl/α,β-unsaturated/α-hetero) is 2. The number of ether oxygens (including phenoxy) is 1. The van der Waals surface area contributed by atoms with Gasteiger partial charge in [0, 0.05) is 46.1 Å². The van der Waals surface area contributed by atoms with Gasteiger partial charge in [-0.2, -0.15) is 13.2 Å². The summed E-state index contributed by atoms with van der Waals surface area (Å²) >= 11 is 0. The molecule has 11 heteroatoms. The average Bonchev–Trinajstić information content (AvgIpc) is 2.54.